The van der Waals surface area contributed by atoms with Gasteiger partial charge in [0.25, 0.3) is 0 Å². The predicted octanol–water partition coefficient (Wildman–Crippen LogP) is 2.82. The first-order valence-corrected chi connectivity index (χ1v) is 8.27. The molecule has 2 atom stereocenters. The molecule has 128 valence electrons. The van der Waals surface area contributed by atoms with Crippen LogP contribution in [-0.2, 0) is 11.3 Å². The van der Waals surface area contributed by atoms with E-state index in [-0.39, 0.29) is 23.4 Å². The van der Waals surface area contributed by atoms with Crippen LogP contribution in [0.15, 0.2) is 18.2 Å². The highest BCUT2D eigenvalue weighted by molar-refractivity contribution is 5.78. The Kier molecular flexibility index (Phi) is 5.99. The van der Waals surface area contributed by atoms with Gasteiger partial charge < -0.3 is 15.0 Å². The van der Waals surface area contributed by atoms with Crippen LogP contribution in [0.1, 0.15) is 32.8 Å². The van der Waals surface area contributed by atoms with Crippen molar-refractivity contribution in [3.05, 3.63) is 29.6 Å². The SMILES string of the molecule is COc1ccc(CNC2CCN(C(=O)C(C)C)CC2C)cc1F. The highest BCUT2D eigenvalue weighted by Gasteiger charge is 2.29. The third-order valence-corrected chi connectivity index (χ3v) is 4.50. The summed E-state index contributed by atoms with van der Waals surface area (Å²) in [6, 6.07) is 5.38. The Hall–Kier alpha value is -1.62. The van der Waals surface area contributed by atoms with Crippen LogP contribution in [0.4, 0.5) is 4.39 Å². The number of rotatable bonds is 5. The Balaban J connectivity index is 1.87. The van der Waals surface area contributed by atoms with Crippen molar-refractivity contribution in [3.63, 3.8) is 0 Å². The van der Waals surface area contributed by atoms with E-state index in [1.165, 1.54) is 13.2 Å². The van der Waals surface area contributed by atoms with Gasteiger partial charge >= 0.3 is 0 Å². The fourth-order valence-corrected chi connectivity index (χ4v) is 3.08. The number of amides is 1. The molecule has 2 unspecified atom stereocenters. The molecule has 1 aromatic carbocycles. The fraction of sp³-hybridized carbons (Fsp3) is 0.611. The molecule has 0 spiro atoms. The van der Waals surface area contributed by atoms with Crippen molar-refractivity contribution >= 4 is 5.91 Å². The standard InChI is InChI=1S/C18H27FN2O2/c1-12(2)18(22)21-8-7-16(13(3)11-21)20-10-14-5-6-17(23-4)15(19)9-14/h5-6,9,12-13,16,20H,7-8,10-11H2,1-4H3. The third kappa shape index (κ3) is 4.44. The Morgan fingerprint density at radius 2 is 2.22 bits per heavy atom. The molecule has 0 saturated carbocycles. The van der Waals surface area contributed by atoms with Gasteiger partial charge in [0, 0.05) is 31.6 Å². The lowest BCUT2D eigenvalue weighted by Gasteiger charge is -2.38. The van der Waals surface area contributed by atoms with Gasteiger partial charge in [0.05, 0.1) is 7.11 Å². The van der Waals surface area contributed by atoms with Gasteiger partial charge in [-0.3, -0.25) is 4.79 Å². The van der Waals surface area contributed by atoms with Gasteiger partial charge in [-0.05, 0) is 30.0 Å². The molecule has 2 rings (SSSR count). The number of ether oxygens (including phenoxy) is 1. The van der Waals surface area contributed by atoms with E-state index in [1.54, 1.807) is 6.07 Å². The van der Waals surface area contributed by atoms with E-state index in [0.717, 1.165) is 25.1 Å². The van der Waals surface area contributed by atoms with Crippen molar-refractivity contribution in [2.45, 2.75) is 39.8 Å². The Morgan fingerprint density at radius 1 is 1.48 bits per heavy atom. The zero-order chi connectivity index (χ0) is 17.0. The first-order valence-electron chi connectivity index (χ1n) is 8.27. The lowest BCUT2D eigenvalue weighted by Crippen LogP contribution is -2.50. The minimum atomic E-state index is -0.336. The molecule has 0 aliphatic carbocycles. The molecule has 0 radical (unpaired) electrons. The van der Waals surface area contributed by atoms with Crippen LogP contribution in [0.5, 0.6) is 5.75 Å². The summed E-state index contributed by atoms with van der Waals surface area (Å²) in [5.41, 5.74) is 0.899. The van der Waals surface area contributed by atoms with Gasteiger partial charge in [0.2, 0.25) is 5.91 Å². The maximum atomic E-state index is 13.7. The van der Waals surface area contributed by atoms with Crippen molar-refractivity contribution in [1.29, 1.82) is 0 Å². The smallest absolute Gasteiger partial charge is 0.225 e. The molecule has 1 saturated heterocycles. The number of piperidine rings is 1. The highest BCUT2D eigenvalue weighted by Crippen LogP contribution is 2.21. The van der Waals surface area contributed by atoms with Crippen LogP contribution >= 0.6 is 0 Å². The molecule has 23 heavy (non-hydrogen) atoms. The van der Waals surface area contributed by atoms with Crippen LogP contribution in [0, 0.1) is 17.7 Å². The normalized spacial score (nSPS) is 21.6. The van der Waals surface area contributed by atoms with E-state index in [0.29, 0.717) is 18.5 Å². The fourth-order valence-electron chi connectivity index (χ4n) is 3.08. The number of carbonyl (C=O) groups excluding carboxylic acids is 1. The van der Waals surface area contributed by atoms with Gasteiger partial charge in [-0.15, -0.1) is 0 Å². The summed E-state index contributed by atoms with van der Waals surface area (Å²) in [4.78, 5) is 14.0. The number of nitrogens with one attached hydrogen (secondary N) is 1. The molecule has 1 N–H and O–H groups in total. The Bertz CT molecular complexity index is 548. The summed E-state index contributed by atoms with van der Waals surface area (Å²) in [6.45, 7) is 8.23. The average molecular weight is 322 g/mol. The Morgan fingerprint density at radius 3 is 2.78 bits per heavy atom. The lowest BCUT2D eigenvalue weighted by molar-refractivity contribution is -0.136. The van der Waals surface area contributed by atoms with E-state index in [9.17, 15) is 9.18 Å². The second-order valence-electron chi connectivity index (χ2n) is 6.66. The number of carbonyl (C=O) groups is 1. The molecule has 1 fully saturated rings. The minimum Gasteiger partial charge on any atom is -0.494 e. The zero-order valence-electron chi connectivity index (χ0n) is 14.4. The summed E-state index contributed by atoms with van der Waals surface area (Å²) >= 11 is 0. The molecule has 1 aliphatic rings. The van der Waals surface area contributed by atoms with Crippen LogP contribution in [0.25, 0.3) is 0 Å². The summed E-state index contributed by atoms with van der Waals surface area (Å²) < 4.78 is 18.6. The van der Waals surface area contributed by atoms with E-state index in [1.807, 2.05) is 24.8 Å². The first kappa shape index (κ1) is 17.7. The van der Waals surface area contributed by atoms with Gasteiger partial charge in [0.1, 0.15) is 0 Å². The van der Waals surface area contributed by atoms with Crippen LogP contribution in [0.2, 0.25) is 0 Å². The van der Waals surface area contributed by atoms with Crippen LogP contribution in [-0.4, -0.2) is 37.0 Å². The van der Waals surface area contributed by atoms with Gasteiger partial charge in [-0.2, -0.15) is 0 Å². The Labute approximate surface area is 138 Å². The average Bonchev–Trinajstić information content (AvgIpc) is 2.53. The van der Waals surface area contributed by atoms with E-state index >= 15 is 0 Å². The van der Waals surface area contributed by atoms with Gasteiger partial charge in [0.15, 0.2) is 11.6 Å². The number of hydrogen-bond acceptors (Lipinski definition) is 3. The molecular formula is C18H27FN2O2. The minimum absolute atomic E-state index is 0.0500. The van der Waals surface area contributed by atoms with Crippen LogP contribution < -0.4 is 10.1 Å². The summed E-state index contributed by atoms with van der Waals surface area (Å²) in [5, 5.41) is 3.50. The number of likely N-dealkylation sites (tertiary alicyclic amines) is 1. The maximum absolute atomic E-state index is 13.7. The second-order valence-corrected chi connectivity index (χ2v) is 6.66. The molecule has 5 heteroatoms. The monoisotopic (exact) mass is 322 g/mol. The summed E-state index contributed by atoms with van der Waals surface area (Å²) in [7, 11) is 1.46. The largest absolute Gasteiger partial charge is 0.494 e. The van der Waals surface area contributed by atoms with E-state index < -0.39 is 0 Å². The third-order valence-electron chi connectivity index (χ3n) is 4.50. The summed E-state index contributed by atoms with van der Waals surface area (Å²) in [5.74, 6) is 0.593. The van der Waals surface area contributed by atoms with Crippen molar-refractivity contribution in [1.82, 2.24) is 10.2 Å². The van der Waals surface area contributed by atoms with Gasteiger partial charge in [-0.1, -0.05) is 26.8 Å². The molecular weight excluding hydrogens is 295 g/mol. The topological polar surface area (TPSA) is 41.6 Å². The predicted molar refractivity (Wildman–Crippen MR) is 88.8 cm³/mol. The first-order chi connectivity index (χ1) is 10.9. The molecule has 0 bridgehead atoms. The summed E-state index contributed by atoms with van der Waals surface area (Å²) in [6.07, 6.45) is 0.929. The lowest BCUT2D eigenvalue weighted by atomic mass is 9.93. The molecule has 4 nitrogen and oxygen atoms in total. The molecule has 1 aliphatic heterocycles. The number of methoxy groups -OCH3 is 1. The molecule has 0 aromatic heterocycles. The molecule has 1 heterocycles. The van der Waals surface area contributed by atoms with E-state index in [4.69, 9.17) is 4.74 Å². The number of hydrogen-bond donors (Lipinski definition) is 1. The molecule has 1 aromatic rings. The van der Waals surface area contributed by atoms with Crippen molar-refractivity contribution in [2.75, 3.05) is 20.2 Å². The van der Waals surface area contributed by atoms with Crippen LogP contribution in [0.3, 0.4) is 0 Å². The second kappa shape index (κ2) is 7.77. The zero-order valence-corrected chi connectivity index (χ0v) is 14.4. The number of nitrogens with zero attached hydrogens (tertiary/aromatic N) is 1. The quantitative estimate of drug-likeness (QED) is 0.906. The highest BCUT2D eigenvalue weighted by atomic mass is 19.1. The van der Waals surface area contributed by atoms with Crippen molar-refractivity contribution < 1.29 is 13.9 Å². The maximum Gasteiger partial charge on any atom is 0.225 e. The van der Waals surface area contributed by atoms with Crippen molar-refractivity contribution in [3.8, 4) is 5.75 Å². The molecule has 1 amide bonds. The van der Waals surface area contributed by atoms with Gasteiger partial charge in [-0.25, -0.2) is 4.39 Å². The van der Waals surface area contributed by atoms with Crippen molar-refractivity contribution in [2.24, 2.45) is 11.8 Å². The number of halogens is 1. The number of benzene rings is 1. The van der Waals surface area contributed by atoms with E-state index in [2.05, 4.69) is 12.2 Å².